The Morgan fingerprint density at radius 1 is 1.15 bits per heavy atom. The summed E-state index contributed by atoms with van der Waals surface area (Å²) in [4.78, 5) is 27.7. The Morgan fingerprint density at radius 2 is 1.85 bits per heavy atom. The third-order valence-electron chi connectivity index (χ3n) is 4.04. The molecule has 0 radical (unpaired) electrons. The van der Waals surface area contributed by atoms with Crippen molar-refractivity contribution in [2.24, 2.45) is 0 Å². The zero-order valence-corrected chi connectivity index (χ0v) is 16.4. The van der Waals surface area contributed by atoms with Crippen molar-refractivity contribution in [2.45, 2.75) is 23.5 Å². The maximum absolute atomic E-state index is 12.7. The van der Waals surface area contributed by atoms with Crippen molar-refractivity contribution in [3.8, 4) is 0 Å². The Morgan fingerprint density at radius 3 is 2.58 bits per heavy atom. The molecule has 0 spiro atoms. The van der Waals surface area contributed by atoms with Gasteiger partial charge < -0.3 is 9.64 Å². The van der Waals surface area contributed by atoms with E-state index in [9.17, 15) is 9.59 Å². The summed E-state index contributed by atoms with van der Waals surface area (Å²) < 4.78 is 5.18. The molecule has 4 nitrogen and oxygen atoms in total. The zero-order chi connectivity index (χ0) is 18.7. The van der Waals surface area contributed by atoms with Crippen LogP contribution in [0.15, 0.2) is 47.4 Å². The molecule has 1 aliphatic heterocycles. The molecule has 0 unspecified atom stereocenters. The fourth-order valence-electron chi connectivity index (χ4n) is 2.72. The normalized spacial score (nSPS) is 16.6. The van der Waals surface area contributed by atoms with Gasteiger partial charge in [0, 0.05) is 16.7 Å². The predicted octanol–water partition coefficient (Wildman–Crippen LogP) is 5.07. The first-order valence-corrected chi connectivity index (χ1v) is 9.78. The first-order valence-electron chi connectivity index (χ1n) is 8.14. The molecule has 0 aliphatic carbocycles. The lowest BCUT2D eigenvalue weighted by molar-refractivity contribution is -0.121. The summed E-state index contributed by atoms with van der Waals surface area (Å²) in [6.45, 7) is 2.34. The van der Waals surface area contributed by atoms with Crippen molar-refractivity contribution >= 4 is 52.5 Å². The first-order chi connectivity index (χ1) is 12.5. The quantitative estimate of drug-likeness (QED) is 0.663. The lowest BCUT2D eigenvalue weighted by atomic mass is 10.2. The van der Waals surface area contributed by atoms with Gasteiger partial charge in [0.05, 0.1) is 21.3 Å². The van der Waals surface area contributed by atoms with Crippen LogP contribution >= 0.6 is 35.0 Å². The van der Waals surface area contributed by atoms with E-state index in [1.807, 2.05) is 24.3 Å². The molecule has 2 aromatic carbocycles. The van der Waals surface area contributed by atoms with Crippen molar-refractivity contribution in [3.05, 3.63) is 58.1 Å². The third kappa shape index (κ3) is 4.17. The van der Waals surface area contributed by atoms with Crippen LogP contribution in [-0.2, 0) is 9.53 Å². The van der Waals surface area contributed by atoms with Gasteiger partial charge in [0.1, 0.15) is 0 Å². The minimum absolute atomic E-state index is 0.0732. The summed E-state index contributed by atoms with van der Waals surface area (Å²) in [5, 5.41) is 0.791. The van der Waals surface area contributed by atoms with Crippen LogP contribution < -0.4 is 4.90 Å². The highest BCUT2D eigenvalue weighted by atomic mass is 35.5. The average molecular weight is 410 g/mol. The molecule has 0 saturated heterocycles. The molecule has 3 rings (SSSR count). The third-order valence-corrected chi connectivity index (χ3v) is 5.91. The molecule has 1 aliphatic rings. The monoisotopic (exact) mass is 409 g/mol. The number of esters is 1. The van der Waals surface area contributed by atoms with Crippen LogP contribution in [0.2, 0.25) is 10.0 Å². The fraction of sp³-hybridized carbons (Fsp3) is 0.263. The summed E-state index contributed by atoms with van der Waals surface area (Å²) in [5.74, 6) is -0.983. The highest BCUT2D eigenvalue weighted by Crippen LogP contribution is 2.37. The number of thioether (sulfide) groups is 1. The van der Waals surface area contributed by atoms with E-state index in [1.165, 1.54) is 0 Å². The number of amides is 1. The molecule has 0 N–H and O–H groups in total. The minimum atomic E-state index is -0.709. The van der Waals surface area contributed by atoms with E-state index in [4.69, 9.17) is 27.9 Å². The van der Waals surface area contributed by atoms with Crippen molar-refractivity contribution in [1.82, 2.24) is 0 Å². The first kappa shape index (κ1) is 19.1. The lowest BCUT2D eigenvalue weighted by Gasteiger charge is -2.22. The smallest absolute Gasteiger partial charge is 0.341 e. The summed E-state index contributed by atoms with van der Waals surface area (Å²) in [5.41, 5.74) is 0.919. The van der Waals surface area contributed by atoms with Crippen LogP contribution in [-0.4, -0.2) is 30.3 Å². The van der Waals surface area contributed by atoms with Crippen LogP contribution in [0.1, 0.15) is 23.7 Å². The van der Waals surface area contributed by atoms with E-state index in [0.717, 1.165) is 17.0 Å². The highest BCUT2D eigenvalue weighted by Gasteiger charge is 2.25. The molecule has 136 valence electrons. The maximum Gasteiger partial charge on any atom is 0.341 e. The number of carbonyl (C=O) groups excluding carboxylic acids is 2. The molecule has 2 aromatic rings. The Bertz CT molecular complexity index is 823. The van der Waals surface area contributed by atoms with Gasteiger partial charge in [0.15, 0.2) is 6.61 Å². The van der Waals surface area contributed by atoms with E-state index in [1.54, 1.807) is 34.9 Å². The van der Waals surface area contributed by atoms with E-state index in [2.05, 4.69) is 6.92 Å². The van der Waals surface area contributed by atoms with Gasteiger partial charge in [-0.05, 0) is 30.7 Å². The summed E-state index contributed by atoms with van der Waals surface area (Å²) in [7, 11) is 0. The SMILES string of the molecule is C[C@H]1CCN(C(=O)COC(=O)c2c(Cl)cccc2Cl)c2ccccc2S1. The van der Waals surface area contributed by atoms with Gasteiger partial charge in [-0.3, -0.25) is 4.79 Å². The second-order valence-electron chi connectivity index (χ2n) is 5.90. The topological polar surface area (TPSA) is 46.6 Å². The van der Waals surface area contributed by atoms with Gasteiger partial charge in [0.25, 0.3) is 5.91 Å². The summed E-state index contributed by atoms with van der Waals surface area (Å²) >= 11 is 13.8. The Balaban J connectivity index is 1.73. The number of benzene rings is 2. The highest BCUT2D eigenvalue weighted by molar-refractivity contribution is 8.00. The number of rotatable bonds is 3. The van der Waals surface area contributed by atoms with Crippen LogP contribution in [0, 0.1) is 0 Å². The van der Waals surface area contributed by atoms with Crippen LogP contribution in [0.3, 0.4) is 0 Å². The molecule has 0 aromatic heterocycles. The zero-order valence-electron chi connectivity index (χ0n) is 14.1. The number of hydrogen-bond acceptors (Lipinski definition) is 4. The molecule has 0 bridgehead atoms. The van der Waals surface area contributed by atoms with E-state index in [0.29, 0.717) is 11.8 Å². The summed E-state index contributed by atoms with van der Waals surface area (Å²) in [6, 6.07) is 12.5. The second kappa shape index (κ2) is 8.33. The van der Waals surface area contributed by atoms with Gasteiger partial charge in [-0.2, -0.15) is 0 Å². The molecule has 1 atom stereocenters. The number of halogens is 2. The van der Waals surface area contributed by atoms with Crippen molar-refractivity contribution in [3.63, 3.8) is 0 Å². The Kier molecular flexibility index (Phi) is 6.12. The van der Waals surface area contributed by atoms with Crippen molar-refractivity contribution < 1.29 is 14.3 Å². The molecule has 26 heavy (non-hydrogen) atoms. The largest absolute Gasteiger partial charge is 0.452 e. The van der Waals surface area contributed by atoms with Crippen LogP contribution in [0.25, 0.3) is 0 Å². The van der Waals surface area contributed by atoms with E-state index in [-0.39, 0.29) is 28.1 Å². The Labute approximate surface area is 166 Å². The number of ether oxygens (including phenoxy) is 1. The van der Waals surface area contributed by atoms with Gasteiger partial charge in [-0.15, -0.1) is 11.8 Å². The van der Waals surface area contributed by atoms with Gasteiger partial charge in [-0.1, -0.05) is 48.3 Å². The molecule has 7 heteroatoms. The molecule has 1 amide bonds. The number of anilines is 1. The van der Waals surface area contributed by atoms with E-state index >= 15 is 0 Å². The Hall–Kier alpha value is -1.69. The lowest BCUT2D eigenvalue weighted by Crippen LogP contribution is -2.35. The predicted molar refractivity (Wildman–Crippen MR) is 105 cm³/mol. The average Bonchev–Trinajstić information content (AvgIpc) is 2.77. The van der Waals surface area contributed by atoms with Gasteiger partial charge in [0.2, 0.25) is 0 Å². The van der Waals surface area contributed by atoms with Gasteiger partial charge in [-0.25, -0.2) is 4.79 Å². The number of fused-ring (bicyclic) bond motifs is 1. The number of hydrogen-bond donors (Lipinski definition) is 0. The van der Waals surface area contributed by atoms with Gasteiger partial charge >= 0.3 is 5.97 Å². The van der Waals surface area contributed by atoms with Crippen molar-refractivity contribution in [1.29, 1.82) is 0 Å². The molecule has 0 fully saturated rings. The summed E-state index contributed by atoms with van der Waals surface area (Å²) in [6.07, 6.45) is 0.857. The van der Waals surface area contributed by atoms with Crippen LogP contribution in [0.5, 0.6) is 0 Å². The standard InChI is InChI=1S/C19H17Cl2NO3S/c1-12-9-10-22(15-7-2-3-8-16(15)26-12)17(23)11-25-19(24)18-13(20)5-4-6-14(18)21/h2-8,12H,9-11H2,1H3/t12-/m0/s1. The second-order valence-corrected chi connectivity index (χ2v) is 8.20. The molecule has 1 heterocycles. The number of para-hydroxylation sites is 1. The molecular formula is C19H17Cl2NO3S. The number of carbonyl (C=O) groups is 2. The number of nitrogens with zero attached hydrogens (tertiary/aromatic N) is 1. The molecule has 0 saturated carbocycles. The molecular weight excluding hydrogens is 393 g/mol. The maximum atomic E-state index is 12.7. The van der Waals surface area contributed by atoms with Crippen LogP contribution in [0.4, 0.5) is 5.69 Å². The van der Waals surface area contributed by atoms with Crippen molar-refractivity contribution in [2.75, 3.05) is 18.1 Å². The van der Waals surface area contributed by atoms with E-state index < -0.39 is 5.97 Å². The minimum Gasteiger partial charge on any atom is -0.452 e. The fourth-order valence-corrected chi connectivity index (χ4v) is 4.38.